The van der Waals surface area contributed by atoms with Crippen molar-refractivity contribution in [1.82, 2.24) is 5.32 Å². The number of rotatable bonds is 5. The van der Waals surface area contributed by atoms with Crippen molar-refractivity contribution in [2.24, 2.45) is 0 Å². The first-order chi connectivity index (χ1) is 10.6. The van der Waals surface area contributed by atoms with E-state index < -0.39 is 22.6 Å². The molecular weight excluding hydrogens is 331 g/mol. The maximum Gasteiger partial charge on any atom is 0.422 e. The van der Waals surface area contributed by atoms with Crippen molar-refractivity contribution < 1.29 is 26.3 Å². The van der Waals surface area contributed by atoms with Gasteiger partial charge in [-0.1, -0.05) is 12.1 Å². The van der Waals surface area contributed by atoms with Gasteiger partial charge in [-0.05, 0) is 31.4 Å². The number of aryl methyl sites for hydroxylation is 1. The van der Waals surface area contributed by atoms with E-state index in [1.165, 1.54) is 0 Å². The smallest absolute Gasteiger partial charge is 0.422 e. The van der Waals surface area contributed by atoms with Crippen molar-refractivity contribution in [2.45, 2.75) is 38.5 Å². The van der Waals surface area contributed by atoms with Crippen LogP contribution in [0.3, 0.4) is 0 Å². The fraction of sp³-hybridized carbons (Fsp3) is 0.600. The molecule has 0 amide bonds. The minimum absolute atomic E-state index is 0.0512. The van der Waals surface area contributed by atoms with Gasteiger partial charge in [0.2, 0.25) is 0 Å². The van der Waals surface area contributed by atoms with E-state index in [1.54, 1.807) is 19.1 Å². The second-order valence-corrected chi connectivity index (χ2v) is 8.13. The first-order valence-electron chi connectivity index (χ1n) is 7.37. The van der Waals surface area contributed by atoms with Crippen LogP contribution in [-0.2, 0) is 16.4 Å². The van der Waals surface area contributed by atoms with Gasteiger partial charge in [0.05, 0.1) is 11.5 Å². The van der Waals surface area contributed by atoms with Crippen molar-refractivity contribution in [2.75, 3.05) is 18.1 Å². The Morgan fingerprint density at radius 2 is 1.91 bits per heavy atom. The average Bonchev–Trinajstić information content (AvgIpc) is 2.44. The molecule has 0 unspecified atom stereocenters. The summed E-state index contributed by atoms with van der Waals surface area (Å²) in [6.45, 7) is 0.799. The van der Waals surface area contributed by atoms with E-state index in [9.17, 15) is 21.6 Å². The van der Waals surface area contributed by atoms with E-state index in [-0.39, 0.29) is 23.3 Å². The molecule has 0 aromatic heterocycles. The Labute approximate surface area is 133 Å². The van der Waals surface area contributed by atoms with Crippen LogP contribution in [0, 0.1) is 6.92 Å². The molecule has 0 saturated carbocycles. The van der Waals surface area contributed by atoms with Gasteiger partial charge in [-0.2, -0.15) is 13.2 Å². The summed E-state index contributed by atoms with van der Waals surface area (Å²) in [5.74, 6) is 0.504. The van der Waals surface area contributed by atoms with Gasteiger partial charge in [0.1, 0.15) is 15.6 Å². The average molecular weight is 351 g/mol. The summed E-state index contributed by atoms with van der Waals surface area (Å²) in [6, 6.07) is 5.17. The third-order valence-electron chi connectivity index (χ3n) is 3.75. The summed E-state index contributed by atoms with van der Waals surface area (Å²) >= 11 is 0. The maximum absolute atomic E-state index is 12.3. The van der Waals surface area contributed by atoms with Crippen molar-refractivity contribution in [3.8, 4) is 5.75 Å². The van der Waals surface area contributed by atoms with E-state index in [2.05, 4.69) is 5.32 Å². The van der Waals surface area contributed by atoms with Crippen molar-refractivity contribution in [1.29, 1.82) is 0 Å². The molecule has 1 aromatic carbocycles. The molecule has 2 rings (SSSR count). The first kappa shape index (κ1) is 18.1. The molecule has 130 valence electrons. The van der Waals surface area contributed by atoms with Gasteiger partial charge in [-0.3, -0.25) is 0 Å². The highest BCUT2D eigenvalue weighted by Crippen LogP contribution is 2.24. The Kier molecular flexibility index (Phi) is 5.57. The first-order valence-corrected chi connectivity index (χ1v) is 9.20. The second kappa shape index (κ2) is 7.09. The Bertz CT molecular complexity index is 630. The van der Waals surface area contributed by atoms with E-state index in [0.717, 1.165) is 5.56 Å². The van der Waals surface area contributed by atoms with Crippen molar-refractivity contribution >= 4 is 9.84 Å². The standard InChI is InChI=1S/C15H20F3NO3S/c1-11-2-3-12(14(8-11)22-10-15(16,17)18)9-19-13-4-6-23(20,21)7-5-13/h2-3,8,13,19H,4-7,9-10H2,1H3. The van der Waals surface area contributed by atoms with E-state index >= 15 is 0 Å². The van der Waals surface area contributed by atoms with Gasteiger partial charge in [0.25, 0.3) is 0 Å². The van der Waals surface area contributed by atoms with E-state index in [1.807, 2.05) is 6.07 Å². The summed E-state index contributed by atoms with van der Waals surface area (Å²) in [5.41, 5.74) is 1.45. The largest absolute Gasteiger partial charge is 0.484 e. The number of ether oxygens (including phenoxy) is 1. The van der Waals surface area contributed by atoms with Gasteiger partial charge < -0.3 is 10.1 Å². The molecule has 23 heavy (non-hydrogen) atoms. The zero-order valence-corrected chi connectivity index (χ0v) is 13.6. The SMILES string of the molecule is Cc1ccc(CNC2CCS(=O)(=O)CC2)c(OCC(F)(F)F)c1. The molecule has 0 atom stereocenters. The Hall–Kier alpha value is -1.28. The van der Waals surface area contributed by atoms with E-state index in [0.29, 0.717) is 24.9 Å². The molecule has 1 aliphatic heterocycles. The Morgan fingerprint density at radius 3 is 2.52 bits per heavy atom. The van der Waals surface area contributed by atoms with E-state index in [4.69, 9.17) is 4.74 Å². The van der Waals surface area contributed by atoms with Gasteiger partial charge in [0, 0.05) is 18.2 Å². The molecule has 1 aromatic rings. The zero-order valence-electron chi connectivity index (χ0n) is 12.8. The monoisotopic (exact) mass is 351 g/mol. The van der Waals surface area contributed by atoms with Crippen molar-refractivity contribution in [3.05, 3.63) is 29.3 Å². The lowest BCUT2D eigenvalue weighted by Crippen LogP contribution is -2.37. The van der Waals surface area contributed by atoms with Gasteiger partial charge in [-0.25, -0.2) is 8.42 Å². The predicted octanol–water partition coefficient (Wildman–Crippen LogP) is 2.60. The van der Waals surface area contributed by atoms with Crippen molar-refractivity contribution in [3.63, 3.8) is 0 Å². The molecule has 0 radical (unpaired) electrons. The maximum atomic E-state index is 12.3. The van der Waals surface area contributed by atoms with Crippen LogP contribution < -0.4 is 10.1 Å². The number of hydrogen-bond donors (Lipinski definition) is 1. The molecule has 1 aliphatic rings. The van der Waals surface area contributed by atoms with Crippen LogP contribution in [0.4, 0.5) is 13.2 Å². The highest BCUT2D eigenvalue weighted by atomic mass is 32.2. The van der Waals surface area contributed by atoms with Crippen LogP contribution >= 0.6 is 0 Å². The zero-order chi connectivity index (χ0) is 17.1. The van der Waals surface area contributed by atoms with Crippen LogP contribution in [0.25, 0.3) is 0 Å². The summed E-state index contributed by atoms with van der Waals surface area (Å²) in [4.78, 5) is 0. The highest BCUT2D eigenvalue weighted by Gasteiger charge is 2.29. The van der Waals surface area contributed by atoms with Crippen LogP contribution in [0.1, 0.15) is 24.0 Å². The van der Waals surface area contributed by atoms with Crippen LogP contribution in [0.5, 0.6) is 5.75 Å². The van der Waals surface area contributed by atoms with Crippen LogP contribution in [0.2, 0.25) is 0 Å². The normalized spacial score (nSPS) is 18.8. The second-order valence-electron chi connectivity index (χ2n) is 5.82. The molecule has 0 aliphatic carbocycles. The number of benzene rings is 1. The topological polar surface area (TPSA) is 55.4 Å². The third-order valence-corrected chi connectivity index (χ3v) is 5.47. The van der Waals surface area contributed by atoms with Gasteiger partial charge in [0.15, 0.2) is 6.61 Å². The minimum Gasteiger partial charge on any atom is -0.484 e. The minimum atomic E-state index is -4.38. The van der Waals surface area contributed by atoms with Crippen LogP contribution in [-0.4, -0.2) is 38.7 Å². The molecule has 1 saturated heterocycles. The number of alkyl halides is 3. The lowest BCUT2D eigenvalue weighted by atomic mass is 10.1. The Balaban J connectivity index is 1.96. The summed E-state index contributed by atoms with van der Waals surface area (Å²) in [6.07, 6.45) is -3.34. The fourth-order valence-electron chi connectivity index (χ4n) is 2.45. The fourth-order valence-corrected chi connectivity index (χ4v) is 3.94. The highest BCUT2D eigenvalue weighted by molar-refractivity contribution is 7.91. The Morgan fingerprint density at radius 1 is 1.26 bits per heavy atom. The number of nitrogens with one attached hydrogen (secondary N) is 1. The van der Waals surface area contributed by atoms with Crippen LogP contribution in [0.15, 0.2) is 18.2 Å². The lowest BCUT2D eigenvalue weighted by Gasteiger charge is -2.23. The number of hydrogen-bond acceptors (Lipinski definition) is 4. The quantitative estimate of drug-likeness (QED) is 0.886. The summed E-state index contributed by atoms with van der Waals surface area (Å²) in [5, 5.41) is 3.21. The lowest BCUT2D eigenvalue weighted by molar-refractivity contribution is -0.153. The molecule has 1 N–H and O–H groups in total. The number of sulfone groups is 1. The molecule has 1 fully saturated rings. The van der Waals surface area contributed by atoms with Gasteiger partial charge >= 0.3 is 6.18 Å². The molecule has 1 heterocycles. The summed E-state index contributed by atoms with van der Waals surface area (Å²) in [7, 11) is -2.93. The molecule has 0 spiro atoms. The third kappa shape index (κ3) is 6.02. The molecular formula is C15H20F3NO3S. The molecule has 8 heteroatoms. The molecule has 0 bridgehead atoms. The predicted molar refractivity (Wildman–Crippen MR) is 81.2 cm³/mol. The number of halogens is 3. The molecule has 4 nitrogen and oxygen atoms in total. The van der Waals surface area contributed by atoms with Gasteiger partial charge in [-0.15, -0.1) is 0 Å². The summed E-state index contributed by atoms with van der Waals surface area (Å²) < 4.78 is 64.6.